The summed E-state index contributed by atoms with van der Waals surface area (Å²) in [5.74, 6) is 0. The number of allylic oxidation sites excluding steroid dienone is 2. The molecule has 3 aliphatic heterocycles. The molecule has 0 radical (unpaired) electrons. The summed E-state index contributed by atoms with van der Waals surface area (Å²) in [7, 11) is 0. The van der Waals surface area contributed by atoms with Crippen molar-refractivity contribution in [1.29, 1.82) is 0 Å². The van der Waals surface area contributed by atoms with Crippen molar-refractivity contribution in [3.8, 4) is 0 Å². The molecule has 0 saturated heterocycles. The van der Waals surface area contributed by atoms with Gasteiger partial charge in [-0.25, -0.2) is 0 Å². The van der Waals surface area contributed by atoms with Gasteiger partial charge in [0.05, 0.1) is 11.4 Å². The van der Waals surface area contributed by atoms with Gasteiger partial charge in [0.1, 0.15) is 0 Å². The van der Waals surface area contributed by atoms with Crippen LogP contribution in [0.1, 0.15) is 12.8 Å². The predicted molar refractivity (Wildman–Crippen MR) is 40.3 cm³/mol. The quantitative estimate of drug-likeness (QED) is 0.474. The summed E-state index contributed by atoms with van der Waals surface area (Å²) < 4.78 is 0. The predicted octanol–water partition coefficient (Wildman–Crippen LogP) is 1.46. The topological polar surface area (TPSA) is 24.7 Å². The summed E-state index contributed by atoms with van der Waals surface area (Å²) in [6.07, 6.45) is 6.07. The Morgan fingerprint density at radius 2 is 2.10 bits per heavy atom. The SMILES string of the molecule is C1=C2CC3=CN=C(C2)C3=N1. The smallest absolute Gasteiger partial charge is 0.0898 e. The summed E-state index contributed by atoms with van der Waals surface area (Å²) in [4.78, 5) is 8.54. The van der Waals surface area contributed by atoms with Gasteiger partial charge in [-0.05, 0) is 12.0 Å². The Kier molecular flexibility index (Phi) is 0.592. The van der Waals surface area contributed by atoms with E-state index in [0.29, 0.717) is 0 Å². The van der Waals surface area contributed by atoms with Crippen molar-refractivity contribution in [1.82, 2.24) is 0 Å². The molecule has 0 aromatic carbocycles. The number of fused-ring (bicyclic) bond motifs is 1. The zero-order valence-corrected chi connectivity index (χ0v) is 5.46. The summed E-state index contributed by atoms with van der Waals surface area (Å²) in [5.41, 5.74) is 5.06. The van der Waals surface area contributed by atoms with Crippen LogP contribution in [0.3, 0.4) is 0 Å². The molecule has 0 amide bonds. The molecule has 48 valence electrons. The third-order valence-electron chi connectivity index (χ3n) is 2.14. The average Bonchev–Trinajstić information content (AvgIpc) is 2.29. The van der Waals surface area contributed by atoms with Crippen LogP contribution < -0.4 is 0 Å². The van der Waals surface area contributed by atoms with E-state index >= 15 is 0 Å². The molecule has 1 fully saturated rings. The minimum atomic E-state index is 1.04. The lowest BCUT2D eigenvalue weighted by molar-refractivity contribution is 1.06. The minimum Gasteiger partial charge on any atom is -0.258 e. The van der Waals surface area contributed by atoms with Crippen LogP contribution in [-0.2, 0) is 0 Å². The lowest BCUT2D eigenvalue weighted by Crippen LogP contribution is -2.22. The normalized spacial score (nSPS) is 25.6. The molecule has 4 bridgehead atoms. The molecule has 0 spiro atoms. The third-order valence-corrected chi connectivity index (χ3v) is 2.14. The van der Waals surface area contributed by atoms with Crippen LogP contribution >= 0.6 is 0 Å². The van der Waals surface area contributed by atoms with Gasteiger partial charge >= 0.3 is 0 Å². The highest BCUT2D eigenvalue weighted by Crippen LogP contribution is 2.32. The largest absolute Gasteiger partial charge is 0.258 e. The molecule has 10 heavy (non-hydrogen) atoms. The highest BCUT2D eigenvalue weighted by Gasteiger charge is 2.29. The molecule has 0 aromatic heterocycles. The zero-order valence-electron chi connectivity index (χ0n) is 5.46. The van der Waals surface area contributed by atoms with Crippen molar-refractivity contribution < 1.29 is 0 Å². The van der Waals surface area contributed by atoms with E-state index in [1.54, 1.807) is 0 Å². The molecular weight excluding hydrogens is 124 g/mol. The molecular formula is C8H6N2. The second kappa shape index (κ2) is 1.29. The number of hydrogen-bond donors (Lipinski definition) is 0. The van der Waals surface area contributed by atoms with Gasteiger partial charge in [0.15, 0.2) is 0 Å². The van der Waals surface area contributed by atoms with E-state index in [-0.39, 0.29) is 0 Å². The first-order valence-electron chi connectivity index (χ1n) is 3.46. The van der Waals surface area contributed by atoms with Gasteiger partial charge in [-0.2, -0.15) is 0 Å². The Hall–Kier alpha value is -1.18. The van der Waals surface area contributed by atoms with Gasteiger partial charge in [0.2, 0.25) is 0 Å². The molecule has 4 rings (SSSR count). The molecule has 0 unspecified atom stereocenters. The van der Waals surface area contributed by atoms with Crippen LogP contribution in [0.5, 0.6) is 0 Å². The van der Waals surface area contributed by atoms with Crippen molar-refractivity contribution in [3.05, 3.63) is 23.5 Å². The summed E-state index contributed by atoms with van der Waals surface area (Å²) >= 11 is 0. The van der Waals surface area contributed by atoms with E-state index in [1.807, 2.05) is 12.4 Å². The molecule has 4 aliphatic rings. The Bertz CT molecular complexity index is 303. The Morgan fingerprint density at radius 3 is 2.80 bits per heavy atom. The molecule has 0 aromatic rings. The van der Waals surface area contributed by atoms with E-state index in [1.165, 1.54) is 16.9 Å². The first-order chi connectivity index (χ1) is 4.93. The Balaban J connectivity index is 2.35. The Labute approximate surface area is 58.7 Å². The first kappa shape index (κ1) is 4.61. The van der Waals surface area contributed by atoms with Crippen molar-refractivity contribution in [2.45, 2.75) is 12.8 Å². The van der Waals surface area contributed by atoms with E-state index < -0.39 is 0 Å². The van der Waals surface area contributed by atoms with Crippen LogP contribution in [0, 0.1) is 0 Å². The standard InChI is InChI=1S/C8H6N2/c1-5-2-7-8(10-3-5)6(1)4-9-7/h3-4H,1-2H2. The van der Waals surface area contributed by atoms with Gasteiger partial charge in [0.25, 0.3) is 0 Å². The molecule has 3 heterocycles. The van der Waals surface area contributed by atoms with Crippen LogP contribution in [0.15, 0.2) is 33.5 Å². The molecule has 2 nitrogen and oxygen atoms in total. The van der Waals surface area contributed by atoms with E-state index in [9.17, 15) is 0 Å². The lowest BCUT2D eigenvalue weighted by Gasteiger charge is -2.20. The highest BCUT2D eigenvalue weighted by atomic mass is 14.9. The van der Waals surface area contributed by atoms with Crippen LogP contribution in [0.2, 0.25) is 0 Å². The second-order valence-corrected chi connectivity index (χ2v) is 2.85. The number of nitrogens with zero attached hydrogens (tertiary/aromatic N) is 2. The minimum absolute atomic E-state index is 1.04. The Morgan fingerprint density at radius 1 is 1.10 bits per heavy atom. The molecule has 0 atom stereocenters. The third kappa shape index (κ3) is 0.375. The van der Waals surface area contributed by atoms with Crippen LogP contribution in [0.4, 0.5) is 0 Å². The monoisotopic (exact) mass is 130 g/mol. The number of hydrogen-bond acceptors (Lipinski definition) is 2. The van der Waals surface area contributed by atoms with E-state index in [0.717, 1.165) is 18.6 Å². The van der Waals surface area contributed by atoms with Crippen LogP contribution in [-0.4, -0.2) is 11.4 Å². The fraction of sp³-hybridized carbons (Fsp3) is 0.250. The van der Waals surface area contributed by atoms with Gasteiger partial charge < -0.3 is 0 Å². The van der Waals surface area contributed by atoms with Gasteiger partial charge in [-0.3, -0.25) is 9.98 Å². The van der Waals surface area contributed by atoms with Gasteiger partial charge in [-0.15, -0.1) is 0 Å². The first-order valence-corrected chi connectivity index (χ1v) is 3.46. The summed E-state index contributed by atoms with van der Waals surface area (Å²) in [5, 5.41) is 0. The maximum absolute atomic E-state index is 4.28. The zero-order chi connectivity index (χ0) is 6.55. The maximum atomic E-state index is 4.28. The highest BCUT2D eigenvalue weighted by molar-refractivity contribution is 6.52. The van der Waals surface area contributed by atoms with Crippen LogP contribution in [0.25, 0.3) is 0 Å². The maximum Gasteiger partial charge on any atom is 0.0898 e. The fourth-order valence-corrected chi connectivity index (χ4v) is 1.65. The summed E-state index contributed by atoms with van der Waals surface area (Å²) in [6, 6.07) is 0. The average molecular weight is 130 g/mol. The molecule has 1 aliphatic carbocycles. The van der Waals surface area contributed by atoms with E-state index in [4.69, 9.17) is 0 Å². The van der Waals surface area contributed by atoms with Crippen molar-refractivity contribution in [3.63, 3.8) is 0 Å². The van der Waals surface area contributed by atoms with Crippen molar-refractivity contribution in [2.24, 2.45) is 9.98 Å². The molecule has 0 N–H and O–H groups in total. The lowest BCUT2D eigenvalue weighted by atomic mass is 9.87. The fourth-order valence-electron chi connectivity index (χ4n) is 1.65. The number of rotatable bonds is 0. The molecule has 2 heteroatoms. The summed E-state index contributed by atoms with van der Waals surface area (Å²) in [6.45, 7) is 0. The van der Waals surface area contributed by atoms with Crippen molar-refractivity contribution >= 4 is 11.4 Å². The van der Waals surface area contributed by atoms with E-state index in [2.05, 4.69) is 9.98 Å². The van der Waals surface area contributed by atoms with Gasteiger partial charge in [-0.1, -0.05) is 0 Å². The van der Waals surface area contributed by atoms with Crippen molar-refractivity contribution in [2.75, 3.05) is 0 Å². The molecule has 1 saturated carbocycles. The number of aliphatic imine (C=N–C) groups is 2. The second-order valence-electron chi connectivity index (χ2n) is 2.85. The van der Waals surface area contributed by atoms with Gasteiger partial charge in [0, 0.05) is 24.4 Å².